The number of hydrogen-bond acceptors (Lipinski definition) is 2. The molecule has 0 atom stereocenters. The van der Waals surface area contributed by atoms with Gasteiger partial charge >= 0.3 is 0 Å². The number of halogens is 1. The zero-order valence-electron chi connectivity index (χ0n) is 12.3. The Morgan fingerprint density at radius 2 is 1.82 bits per heavy atom. The summed E-state index contributed by atoms with van der Waals surface area (Å²) in [5.74, 6) is 0.257. The summed E-state index contributed by atoms with van der Waals surface area (Å²) in [5, 5.41) is 10.8. The summed E-state index contributed by atoms with van der Waals surface area (Å²) in [6.45, 7) is 1.97. The smallest absolute Gasteiger partial charge is 0.123 e. The van der Waals surface area contributed by atoms with Gasteiger partial charge in [-0.2, -0.15) is 0 Å². The average molecular weight is 310 g/mol. The molecule has 0 bridgehead atoms. The van der Waals surface area contributed by atoms with Gasteiger partial charge in [-0.25, -0.2) is 0 Å². The van der Waals surface area contributed by atoms with Crippen LogP contribution in [0.2, 0.25) is 5.02 Å². The molecule has 3 heteroatoms. The van der Waals surface area contributed by atoms with E-state index in [1.54, 1.807) is 6.07 Å². The van der Waals surface area contributed by atoms with Gasteiger partial charge in [-0.3, -0.25) is 4.98 Å². The van der Waals surface area contributed by atoms with Crippen LogP contribution < -0.4 is 0 Å². The highest BCUT2D eigenvalue weighted by Gasteiger charge is 2.07. The summed E-state index contributed by atoms with van der Waals surface area (Å²) in [6.07, 6.45) is 2.67. The van der Waals surface area contributed by atoms with Gasteiger partial charge in [0.1, 0.15) is 5.75 Å². The molecule has 3 rings (SSSR count). The van der Waals surface area contributed by atoms with Gasteiger partial charge in [0.15, 0.2) is 0 Å². The fraction of sp³-hybridized carbons (Fsp3) is 0.105. The number of hydrogen-bond donors (Lipinski definition) is 1. The number of rotatable bonds is 3. The molecule has 0 aliphatic carbocycles. The third-order valence-electron chi connectivity index (χ3n) is 3.58. The molecule has 0 aliphatic heterocycles. The van der Waals surface area contributed by atoms with Crippen molar-refractivity contribution in [2.24, 2.45) is 0 Å². The molecule has 2 nitrogen and oxygen atoms in total. The molecule has 0 radical (unpaired) electrons. The minimum atomic E-state index is 0.257. The Bertz CT molecular complexity index is 797. The summed E-state index contributed by atoms with van der Waals surface area (Å²) in [5.41, 5.74) is 4.98. The summed E-state index contributed by atoms with van der Waals surface area (Å²) < 4.78 is 0. The topological polar surface area (TPSA) is 33.1 Å². The number of aromatic nitrogens is 1. The van der Waals surface area contributed by atoms with Crippen LogP contribution >= 0.6 is 11.6 Å². The third kappa shape index (κ3) is 3.29. The Morgan fingerprint density at radius 1 is 1.00 bits per heavy atom. The van der Waals surface area contributed by atoms with Gasteiger partial charge in [0.05, 0.1) is 0 Å². The first-order valence-electron chi connectivity index (χ1n) is 7.11. The van der Waals surface area contributed by atoms with Crippen molar-refractivity contribution in [1.29, 1.82) is 0 Å². The second kappa shape index (κ2) is 6.20. The number of aryl methyl sites for hydroxylation is 1. The molecule has 2 aromatic carbocycles. The zero-order valence-corrected chi connectivity index (χ0v) is 13.0. The van der Waals surface area contributed by atoms with Gasteiger partial charge in [0.25, 0.3) is 0 Å². The summed E-state index contributed by atoms with van der Waals surface area (Å²) in [6, 6.07) is 17.3. The summed E-state index contributed by atoms with van der Waals surface area (Å²) >= 11 is 6.04. The van der Waals surface area contributed by atoms with Crippen molar-refractivity contribution in [3.63, 3.8) is 0 Å². The minimum Gasteiger partial charge on any atom is -0.507 e. The lowest BCUT2D eigenvalue weighted by Gasteiger charge is -2.09. The van der Waals surface area contributed by atoms with Crippen LogP contribution in [0.25, 0.3) is 11.1 Å². The lowest BCUT2D eigenvalue weighted by molar-refractivity contribution is 0.477. The molecule has 110 valence electrons. The van der Waals surface area contributed by atoms with Gasteiger partial charge in [-0.05, 0) is 60.4 Å². The zero-order chi connectivity index (χ0) is 15.5. The van der Waals surface area contributed by atoms with E-state index in [0.29, 0.717) is 5.02 Å². The second-order valence-corrected chi connectivity index (χ2v) is 5.78. The molecule has 0 unspecified atom stereocenters. The molecule has 0 saturated heterocycles. The molecule has 3 aromatic rings. The van der Waals surface area contributed by atoms with E-state index in [4.69, 9.17) is 11.6 Å². The summed E-state index contributed by atoms with van der Waals surface area (Å²) in [7, 11) is 0. The molecule has 1 heterocycles. The van der Waals surface area contributed by atoms with E-state index in [2.05, 4.69) is 11.1 Å². The van der Waals surface area contributed by atoms with Gasteiger partial charge < -0.3 is 5.11 Å². The molecule has 22 heavy (non-hydrogen) atoms. The Labute approximate surface area is 135 Å². The van der Waals surface area contributed by atoms with Crippen LogP contribution in [-0.2, 0) is 6.42 Å². The van der Waals surface area contributed by atoms with Crippen molar-refractivity contribution in [2.75, 3.05) is 0 Å². The van der Waals surface area contributed by atoms with Crippen molar-refractivity contribution in [2.45, 2.75) is 13.3 Å². The standard InChI is InChI=1S/C19H16ClNO/c1-13-5-6-15(12-21-13)9-14-7-8-19(22)18(10-14)16-3-2-4-17(20)11-16/h2-8,10-12,22H,9H2,1H3. The second-order valence-electron chi connectivity index (χ2n) is 5.35. The van der Waals surface area contributed by atoms with Gasteiger partial charge in [-0.15, -0.1) is 0 Å². The van der Waals surface area contributed by atoms with Crippen molar-refractivity contribution in [3.8, 4) is 16.9 Å². The highest BCUT2D eigenvalue weighted by atomic mass is 35.5. The van der Waals surface area contributed by atoms with E-state index in [1.165, 1.54) is 0 Å². The molecular weight excluding hydrogens is 294 g/mol. The molecule has 1 aromatic heterocycles. The number of phenols is 1. The van der Waals surface area contributed by atoms with E-state index < -0.39 is 0 Å². The van der Waals surface area contributed by atoms with Crippen molar-refractivity contribution in [1.82, 2.24) is 4.98 Å². The first-order chi connectivity index (χ1) is 10.6. The van der Waals surface area contributed by atoms with Crippen LogP contribution in [0.3, 0.4) is 0 Å². The summed E-state index contributed by atoms with van der Waals surface area (Å²) in [4.78, 5) is 4.32. The highest BCUT2D eigenvalue weighted by molar-refractivity contribution is 6.30. The van der Waals surface area contributed by atoms with Gasteiger partial charge in [0, 0.05) is 22.5 Å². The molecular formula is C19H16ClNO. The Hall–Kier alpha value is -2.32. The normalized spacial score (nSPS) is 10.6. The van der Waals surface area contributed by atoms with Crippen molar-refractivity contribution >= 4 is 11.6 Å². The first-order valence-corrected chi connectivity index (χ1v) is 7.49. The number of pyridine rings is 1. The van der Waals surface area contributed by atoms with Crippen LogP contribution in [0.1, 0.15) is 16.8 Å². The monoisotopic (exact) mass is 309 g/mol. The maximum Gasteiger partial charge on any atom is 0.123 e. The van der Waals surface area contributed by atoms with E-state index in [9.17, 15) is 5.11 Å². The van der Waals surface area contributed by atoms with E-state index in [0.717, 1.165) is 34.4 Å². The predicted octanol–water partition coefficient (Wildman–Crippen LogP) is 5.01. The Kier molecular flexibility index (Phi) is 4.12. The van der Waals surface area contributed by atoms with E-state index >= 15 is 0 Å². The van der Waals surface area contributed by atoms with Crippen LogP contribution in [0.4, 0.5) is 0 Å². The van der Waals surface area contributed by atoms with Crippen LogP contribution in [-0.4, -0.2) is 10.1 Å². The Balaban J connectivity index is 1.94. The van der Waals surface area contributed by atoms with Crippen molar-refractivity contribution in [3.05, 3.63) is 82.6 Å². The third-order valence-corrected chi connectivity index (χ3v) is 3.81. The van der Waals surface area contributed by atoms with E-state index in [-0.39, 0.29) is 5.75 Å². The van der Waals surface area contributed by atoms with E-state index in [1.807, 2.05) is 55.6 Å². The van der Waals surface area contributed by atoms with Crippen LogP contribution in [0.15, 0.2) is 60.8 Å². The largest absolute Gasteiger partial charge is 0.507 e. The number of nitrogens with zero attached hydrogens (tertiary/aromatic N) is 1. The fourth-order valence-electron chi connectivity index (χ4n) is 2.42. The Morgan fingerprint density at radius 3 is 2.55 bits per heavy atom. The van der Waals surface area contributed by atoms with Crippen molar-refractivity contribution < 1.29 is 5.11 Å². The SMILES string of the molecule is Cc1ccc(Cc2ccc(O)c(-c3cccc(Cl)c3)c2)cn1. The van der Waals surface area contributed by atoms with Gasteiger partial charge in [0.2, 0.25) is 0 Å². The lowest BCUT2D eigenvalue weighted by atomic mass is 9.99. The average Bonchev–Trinajstić information content (AvgIpc) is 2.51. The maximum atomic E-state index is 10.1. The lowest BCUT2D eigenvalue weighted by Crippen LogP contribution is -1.91. The quantitative estimate of drug-likeness (QED) is 0.738. The first kappa shape index (κ1) is 14.6. The molecule has 0 spiro atoms. The molecule has 1 N–H and O–H groups in total. The molecule has 0 saturated carbocycles. The maximum absolute atomic E-state index is 10.1. The number of benzene rings is 2. The van der Waals surface area contributed by atoms with Crippen LogP contribution in [0.5, 0.6) is 5.75 Å². The molecule has 0 fully saturated rings. The van der Waals surface area contributed by atoms with Gasteiger partial charge in [-0.1, -0.05) is 35.9 Å². The predicted molar refractivity (Wildman–Crippen MR) is 90.3 cm³/mol. The van der Waals surface area contributed by atoms with Crippen LogP contribution in [0, 0.1) is 6.92 Å². The molecule has 0 aliphatic rings. The number of aromatic hydroxyl groups is 1. The minimum absolute atomic E-state index is 0.257. The fourth-order valence-corrected chi connectivity index (χ4v) is 2.61. The highest BCUT2D eigenvalue weighted by Crippen LogP contribution is 2.32. The molecule has 0 amide bonds. The number of phenolic OH excluding ortho intramolecular Hbond substituents is 1.